The lowest BCUT2D eigenvalue weighted by Gasteiger charge is -2.32. The molecule has 0 saturated carbocycles. The number of para-hydroxylation sites is 6. The molecule has 9 heteroatoms. The Morgan fingerprint density at radius 1 is 0.353 bits per heavy atom. The van der Waals surface area contributed by atoms with Crippen LogP contribution in [-0.2, 0) is 0 Å². The van der Waals surface area contributed by atoms with Crippen LogP contribution >= 0.6 is 0 Å². The minimum absolute atomic E-state index is 0. The summed E-state index contributed by atoms with van der Waals surface area (Å²) in [4.78, 5) is 4.52. The van der Waals surface area contributed by atoms with Crippen LogP contribution in [-0.4, -0.2) is 22.2 Å². The van der Waals surface area contributed by atoms with E-state index in [-0.39, 0.29) is 8.41 Å². The molecule has 0 unspecified atom stereocenters. The number of ether oxygens (including phenoxy) is 2. The number of hydrogen-bond acceptors (Lipinski definition) is 6. The summed E-state index contributed by atoms with van der Waals surface area (Å²) >= 11 is 0. The van der Waals surface area contributed by atoms with Crippen molar-refractivity contribution in [1.29, 1.82) is 0 Å². The lowest BCUT2D eigenvalue weighted by Crippen LogP contribution is -2.56. The van der Waals surface area contributed by atoms with Crippen molar-refractivity contribution in [3.05, 3.63) is 158 Å². The Morgan fingerprint density at radius 2 is 0.745 bits per heavy atom. The van der Waals surface area contributed by atoms with Gasteiger partial charge in [0.1, 0.15) is 34.5 Å². The normalized spacial score (nSPS) is 13.8. The van der Waals surface area contributed by atoms with Gasteiger partial charge in [-0.2, -0.15) is 0 Å². The number of hydrogen-bond donors (Lipinski definition) is 0. The van der Waals surface area contributed by atoms with Crippen LogP contribution in [0.2, 0.25) is 0 Å². The van der Waals surface area contributed by atoms with Crippen LogP contribution in [0.25, 0.3) is 0 Å². The Labute approximate surface area is 298 Å². The minimum Gasteiger partial charge on any atom is -0.550 e. The molecule has 4 heterocycles. The lowest BCUT2D eigenvalue weighted by atomic mass is 9.48. The second-order valence-corrected chi connectivity index (χ2v) is 12.8. The summed E-state index contributed by atoms with van der Waals surface area (Å²) in [6.45, 7) is -0.888. The zero-order valence-corrected chi connectivity index (χ0v) is 26.7. The van der Waals surface area contributed by atoms with E-state index in [1.54, 1.807) is 0 Å². The van der Waals surface area contributed by atoms with Gasteiger partial charge in [-0.1, -0.05) is 87.3 Å². The second-order valence-electron chi connectivity index (χ2n) is 12.8. The fraction of sp³-hybridized carbons (Fsp3) is 0. The smallest absolute Gasteiger partial charge is 0.436 e. The van der Waals surface area contributed by atoms with Crippen molar-refractivity contribution < 1.29 is 18.8 Å². The van der Waals surface area contributed by atoms with Crippen molar-refractivity contribution in [2.75, 3.05) is 9.80 Å². The quantitative estimate of drug-likeness (QED) is 0.201. The molecule has 0 fully saturated rings. The van der Waals surface area contributed by atoms with Gasteiger partial charge in [-0.15, -0.1) is 0 Å². The van der Waals surface area contributed by atoms with Crippen molar-refractivity contribution in [3.63, 3.8) is 0 Å². The largest absolute Gasteiger partial charge is 0.550 e. The molecule has 11 rings (SSSR count). The highest BCUT2D eigenvalue weighted by Crippen LogP contribution is 2.47. The summed E-state index contributed by atoms with van der Waals surface area (Å²) in [6, 6.07) is 53.8. The van der Waals surface area contributed by atoms with E-state index in [1.165, 1.54) is 0 Å². The average molecular weight is 659 g/mol. The van der Waals surface area contributed by atoms with Crippen molar-refractivity contribution in [2.45, 2.75) is 0 Å². The van der Waals surface area contributed by atoms with Gasteiger partial charge in [-0.25, -0.2) is 0 Å². The van der Waals surface area contributed by atoms with Gasteiger partial charge >= 0.3 is 13.8 Å². The van der Waals surface area contributed by atoms with Gasteiger partial charge in [0.15, 0.2) is 0 Å². The topological polar surface area (TPSA) is 43.4 Å². The van der Waals surface area contributed by atoms with E-state index >= 15 is 0 Å². The highest BCUT2D eigenvalue weighted by Gasteiger charge is 2.46. The molecule has 7 aromatic carbocycles. The van der Waals surface area contributed by atoms with Crippen LogP contribution in [0.5, 0.6) is 34.5 Å². The van der Waals surface area contributed by atoms with Crippen molar-refractivity contribution in [1.82, 2.24) is 0 Å². The van der Waals surface area contributed by atoms with Gasteiger partial charge in [-0.3, -0.25) is 0 Å². The zero-order valence-electron chi connectivity index (χ0n) is 26.7. The first-order valence-electron chi connectivity index (χ1n) is 16.8. The molecule has 0 radical (unpaired) electrons. The maximum atomic E-state index is 7.05. The Hall–Kier alpha value is -6.47. The van der Waals surface area contributed by atoms with Crippen molar-refractivity contribution in [2.24, 2.45) is 0 Å². The van der Waals surface area contributed by atoms with Crippen LogP contribution in [0.4, 0.5) is 34.1 Å². The molecule has 242 valence electrons. The minimum atomic E-state index is -0.444. The van der Waals surface area contributed by atoms with Gasteiger partial charge in [0.05, 0.1) is 11.4 Å². The molecule has 0 N–H and O–H groups in total. The van der Waals surface area contributed by atoms with Crippen LogP contribution in [0.15, 0.2) is 158 Å². The highest BCUT2D eigenvalue weighted by atomic mass is 16.5. The molecule has 7 aromatic rings. The fourth-order valence-corrected chi connectivity index (χ4v) is 7.84. The van der Waals surface area contributed by atoms with Crippen LogP contribution < -0.4 is 50.4 Å². The Kier molecular flexibility index (Phi) is 6.52. The van der Waals surface area contributed by atoms with E-state index in [4.69, 9.17) is 18.8 Å². The van der Waals surface area contributed by atoms with E-state index in [2.05, 4.69) is 101 Å². The number of benzene rings is 7. The van der Waals surface area contributed by atoms with Crippen LogP contribution in [0, 0.1) is 0 Å². The van der Waals surface area contributed by atoms with Gasteiger partial charge in [0.2, 0.25) is 0 Å². The SMILES string of the molecule is [BH4-].c1ccc(N2c3ccccc3OB3c4cc5c(cc4Oc4cccc2c43)Oc2cccc3c2B5Oc2ccccc2N3c2ccccc2)cc1. The third-order valence-corrected chi connectivity index (χ3v) is 9.97. The highest BCUT2D eigenvalue weighted by molar-refractivity contribution is 6.87. The lowest BCUT2D eigenvalue weighted by molar-refractivity contribution is 0.460. The Balaban J connectivity index is 0.00000327. The van der Waals surface area contributed by atoms with Crippen molar-refractivity contribution in [3.8, 4) is 34.5 Å². The number of fused-ring (bicyclic) bond motifs is 6. The van der Waals surface area contributed by atoms with E-state index in [0.29, 0.717) is 11.5 Å². The molecule has 0 bridgehead atoms. The molecular weight excluding hydrogens is 629 g/mol. The van der Waals surface area contributed by atoms with Crippen molar-refractivity contribution >= 4 is 78.2 Å². The molecule has 51 heavy (non-hydrogen) atoms. The molecule has 6 nitrogen and oxygen atoms in total. The summed E-state index contributed by atoms with van der Waals surface area (Å²) < 4.78 is 27.6. The molecule has 0 spiro atoms. The molecule has 0 saturated heterocycles. The summed E-state index contributed by atoms with van der Waals surface area (Å²) in [5, 5.41) is 0. The second kappa shape index (κ2) is 11.3. The molecular formula is C42H30B3N2O4-. The first kappa shape index (κ1) is 29.5. The first-order chi connectivity index (χ1) is 24.8. The molecule has 0 aliphatic carbocycles. The molecule has 0 amide bonds. The van der Waals surface area contributed by atoms with E-state index < -0.39 is 13.8 Å². The average Bonchev–Trinajstić information content (AvgIpc) is 3.41. The summed E-state index contributed by atoms with van der Waals surface area (Å²) in [5.41, 5.74) is 9.81. The summed E-state index contributed by atoms with van der Waals surface area (Å²) in [5.74, 6) is 4.48. The van der Waals surface area contributed by atoms with E-state index in [1.807, 2.05) is 66.7 Å². The molecule has 0 aromatic heterocycles. The third kappa shape index (κ3) is 4.34. The molecule has 0 atom stereocenters. The predicted molar refractivity (Wildman–Crippen MR) is 211 cm³/mol. The standard InChI is InChI=1S/C42H26B2N2O4.BH4/c1-3-13-27(14-4-1)45-31-17-7-9-21-35(31)49-43-29-25-30-40(26-39(29)47-37-23-11-19-33(45)41(37)43)48-38-24-12-20-34-42(38)44(30)50-36-22-10-8-18-32(36)46(34)28-15-5-2-6-16-28;/h1-26H;1H4/q;-1. The monoisotopic (exact) mass is 659 g/mol. The Bertz CT molecular complexity index is 2330. The number of anilines is 6. The third-order valence-electron chi connectivity index (χ3n) is 9.97. The fourth-order valence-electron chi connectivity index (χ4n) is 7.84. The van der Waals surface area contributed by atoms with Gasteiger partial charge < -0.3 is 28.6 Å². The van der Waals surface area contributed by atoms with Gasteiger partial charge in [0.25, 0.3) is 0 Å². The molecule has 4 aliphatic rings. The van der Waals surface area contributed by atoms with Crippen LogP contribution in [0.1, 0.15) is 0 Å². The van der Waals surface area contributed by atoms with Gasteiger partial charge in [0, 0.05) is 50.7 Å². The molecule has 4 aliphatic heterocycles. The Morgan fingerprint density at radius 3 is 1.22 bits per heavy atom. The maximum absolute atomic E-state index is 7.05. The summed E-state index contributed by atoms with van der Waals surface area (Å²) in [6.07, 6.45) is 0. The number of nitrogens with zero attached hydrogens (tertiary/aromatic N) is 2. The van der Waals surface area contributed by atoms with E-state index in [0.717, 1.165) is 79.0 Å². The van der Waals surface area contributed by atoms with Crippen LogP contribution in [0.3, 0.4) is 0 Å². The zero-order chi connectivity index (χ0) is 32.8. The summed E-state index contributed by atoms with van der Waals surface area (Å²) in [7, 11) is 0. The predicted octanol–water partition coefficient (Wildman–Crippen LogP) is 6.38. The maximum Gasteiger partial charge on any atom is 0.436 e. The first-order valence-corrected chi connectivity index (χ1v) is 16.8. The number of rotatable bonds is 2. The van der Waals surface area contributed by atoms with E-state index in [9.17, 15) is 0 Å². The van der Waals surface area contributed by atoms with Gasteiger partial charge in [-0.05, 0) is 72.8 Å².